The van der Waals surface area contributed by atoms with Crippen LogP contribution in [0.4, 0.5) is 0 Å². The van der Waals surface area contributed by atoms with Gasteiger partial charge in [-0.2, -0.15) is 0 Å². The fourth-order valence-electron chi connectivity index (χ4n) is 2.18. The van der Waals surface area contributed by atoms with Gasteiger partial charge >= 0.3 is 0 Å². The van der Waals surface area contributed by atoms with Gasteiger partial charge in [-0.25, -0.2) is 0 Å². The van der Waals surface area contributed by atoms with Crippen LogP contribution in [0, 0.1) is 0 Å². The fourth-order valence-corrected chi connectivity index (χ4v) is 2.18. The maximum absolute atomic E-state index is 3.72. The first-order valence-corrected chi connectivity index (χ1v) is 6.29. The van der Waals surface area contributed by atoms with Gasteiger partial charge in [-0.1, -0.05) is 26.2 Å². The average molecular weight is 198 g/mol. The van der Waals surface area contributed by atoms with Crippen molar-refractivity contribution in [2.75, 3.05) is 13.1 Å². The van der Waals surface area contributed by atoms with Crippen molar-refractivity contribution in [2.24, 2.45) is 0 Å². The largest absolute Gasteiger partial charge is 0.315 e. The summed E-state index contributed by atoms with van der Waals surface area (Å²) in [6.07, 6.45) is 8.12. The number of nitrogens with one attached hydrogen (secondary N) is 2. The van der Waals surface area contributed by atoms with Crippen LogP contribution >= 0.6 is 0 Å². The summed E-state index contributed by atoms with van der Waals surface area (Å²) in [7, 11) is 0. The van der Waals surface area contributed by atoms with Gasteiger partial charge in [0.2, 0.25) is 0 Å². The molecule has 1 aliphatic heterocycles. The van der Waals surface area contributed by atoms with Crippen LogP contribution in [0.2, 0.25) is 0 Å². The molecule has 2 atom stereocenters. The number of hydrogen-bond donors (Lipinski definition) is 2. The van der Waals surface area contributed by atoms with E-state index in [4.69, 9.17) is 0 Å². The van der Waals surface area contributed by atoms with Crippen molar-refractivity contribution in [2.45, 2.75) is 64.5 Å². The minimum absolute atomic E-state index is 0.700. The lowest BCUT2D eigenvalue weighted by Crippen LogP contribution is -2.46. The van der Waals surface area contributed by atoms with E-state index in [-0.39, 0.29) is 0 Å². The van der Waals surface area contributed by atoms with E-state index in [0.717, 1.165) is 12.6 Å². The van der Waals surface area contributed by atoms with Crippen LogP contribution in [-0.4, -0.2) is 25.2 Å². The number of rotatable bonds is 6. The molecule has 1 heterocycles. The third-order valence-corrected chi connectivity index (χ3v) is 3.06. The molecule has 0 aromatic rings. The number of piperidine rings is 1. The molecule has 2 N–H and O–H groups in total. The van der Waals surface area contributed by atoms with E-state index in [1.807, 2.05) is 0 Å². The lowest BCUT2D eigenvalue weighted by Gasteiger charge is -2.27. The summed E-state index contributed by atoms with van der Waals surface area (Å²) in [5.41, 5.74) is 0. The number of hydrogen-bond acceptors (Lipinski definition) is 2. The quantitative estimate of drug-likeness (QED) is 0.640. The highest BCUT2D eigenvalue weighted by Gasteiger charge is 2.14. The first kappa shape index (κ1) is 12.0. The predicted molar refractivity (Wildman–Crippen MR) is 62.6 cm³/mol. The van der Waals surface area contributed by atoms with E-state index in [9.17, 15) is 0 Å². The maximum atomic E-state index is 3.72. The topological polar surface area (TPSA) is 24.1 Å². The van der Waals surface area contributed by atoms with Gasteiger partial charge in [-0.05, 0) is 32.7 Å². The molecule has 0 amide bonds. The Morgan fingerprint density at radius 3 is 2.93 bits per heavy atom. The SMILES string of the molecule is CCCCCC(C)NC1CCCNC1. The van der Waals surface area contributed by atoms with Crippen LogP contribution in [0.3, 0.4) is 0 Å². The van der Waals surface area contributed by atoms with Crippen molar-refractivity contribution >= 4 is 0 Å². The van der Waals surface area contributed by atoms with Gasteiger partial charge < -0.3 is 10.6 Å². The Kier molecular flexibility index (Phi) is 6.20. The number of unbranched alkanes of at least 4 members (excludes halogenated alkanes) is 2. The molecule has 1 rings (SSSR count). The molecule has 84 valence electrons. The van der Waals surface area contributed by atoms with Crippen molar-refractivity contribution in [1.82, 2.24) is 10.6 Å². The van der Waals surface area contributed by atoms with Crippen LogP contribution < -0.4 is 10.6 Å². The second-order valence-electron chi connectivity index (χ2n) is 4.61. The maximum Gasteiger partial charge on any atom is 0.0195 e. The Morgan fingerprint density at radius 2 is 2.29 bits per heavy atom. The molecule has 0 bridgehead atoms. The Bertz CT molecular complexity index is 130. The van der Waals surface area contributed by atoms with Gasteiger partial charge in [-0.3, -0.25) is 0 Å². The second-order valence-corrected chi connectivity index (χ2v) is 4.61. The standard InChI is InChI=1S/C12H26N2/c1-3-4-5-7-11(2)14-12-8-6-9-13-10-12/h11-14H,3-10H2,1-2H3. The van der Waals surface area contributed by atoms with Gasteiger partial charge in [0.25, 0.3) is 0 Å². The Labute approximate surface area is 88.8 Å². The van der Waals surface area contributed by atoms with Crippen LogP contribution in [0.15, 0.2) is 0 Å². The first-order chi connectivity index (χ1) is 6.83. The molecular formula is C12H26N2. The lowest BCUT2D eigenvalue weighted by atomic mass is 10.0. The molecule has 2 heteroatoms. The third-order valence-electron chi connectivity index (χ3n) is 3.06. The molecule has 1 saturated heterocycles. The van der Waals surface area contributed by atoms with Crippen molar-refractivity contribution in [3.05, 3.63) is 0 Å². The normalized spacial score (nSPS) is 24.9. The third kappa shape index (κ3) is 4.97. The molecule has 0 aromatic heterocycles. The zero-order valence-corrected chi connectivity index (χ0v) is 9.81. The van der Waals surface area contributed by atoms with E-state index in [0.29, 0.717) is 6.04 Å². The van der Waals surface area contributed by atoms with Crippen LogP contribution in [0.25, 0.3) is 0 Å². The van der Waals surface area contributed by atoms with Gasteiger partial charge in [0, 0.05) is 18.6 Å². The minimum Gasteiger partial charge on any atom is -0.315 e. The molecule has 1 aliphatic rings. The van der Waals surface area contributed by atoms with E-state index in [2.05, 4.69) is 24.5 Å². The van der Waals surface area contributed by atoms with Crippen LogP contribution in [0.1, 0.15) is 52.4 Å². The Morgan fingerprint density at radius 1 is 1.43 bits per heavy atom. The van der Waals surface area contributed by atoms with E-state index in [1.54, 1.807) is 0 Å². The average Bonchev–Trinajstić information content (AvgIpc) is 2.20. The molecule has 0 radical (unpaired) electrons. The summed E-state index contributed by atoms with van der Waals surface area (Å²) >= 11 is 0. The van der Waals surface area contributed by atoms with E-state index >= 15 is 0 Å². The first-order valence-electron chi connectivity index (χ1n) is 6.29. The van der Waals surface area contributed by atoms with Gasteiger partial charge in [-0.15, -0.1) is 0 Å². The molecule has 0 aromatic carbocycles. The van der Waals surface area contributed by atoms with Crippen LogP contribution in [-0.2, 0) is 0 Å². The smallest absolute Gasteiger partial charge is 0.0195 e. The summed E-state index contributed by atoms with van der Waals surface area (Å²) in [6, 6.07) is 1.42. The zero-order valence-electron chi connectivity index (χ0n) is 9.81. The van der Waals surface area contributed by atoms with Crippen LogP contribution in [0.5, 0.6) is 0 Å². The molecule has 0 saturated carbocycles. The highest BCUT2D eigenvalue weighted by Crippen LogP contribution is 2.07. The summed E-state index contributed by atoms with van der Waals surface area (Å²) in [5.74, 6) is 0. The highest BCUT2D eigenvalue weighted by molar-refractivity contribution is 4.77. The molecule has 14 heavy (non-hydrogen) atoms. The summed E-state index contributed by atoms with van der Waals surface area (Å²) in [6.45, 7) is 6.97. The minimum atomic E-state index is 0.700. The Hall–Kier alpha value is -0.0800. The molecule has 2 unspecified atom stereocenters. The Balaban J connectivity index is 2.03. The van der Waals surface area contributed by atoms with Crippen molar-refractivity contribution < 1.29 is 0 Å². The summed E-state index contributed by atoms with van der Waals surface area (Å²) in [4.78, 5) is 0. The molecule has 0 aliphatic carbocycles. The molecular weight excluding hydrogens is 172 g/mol. The molecule has 0 spiro atoms. The predicted octanol–water partition coefficient (Wildman–Crippen LogP) is 2.30. The fraction of sp³-hybridized carbons (Fsp3) is 1.00. The van der Waals surface area contributed by atoms with Gasteiger partial charge in [0.05, 0.1) is 0 Å². The zero-order chi connectivity index (χ0) is 10.2. The van der Waals surface area contributed by atoms with Crippen molar-refractivity contribution in [3.63, 3.8) is 0 Å². The van der Waals surface area contributed by atoms with E-state index in [1.165, 1.54) is 45.1 Å². The monoisotopic (exact) mass is 198 g/mol. The molecule has 2 nitrogen and oxygen atoms in total. The van der Waals surface area contributed by atoms with E-state index < -0.39 is 0 Å². The van der Waals surface area contributed by atoms with Crippen molar-refractivity contribution in [3.8, 4) is 0 Å². The second kappa shape index (κ2) is 7.24. The summed E-state index contributed by atoms with van der Waals surface area (Å²) < 4.78 is 0. The van der Waals surface area contributed by atoms with Gasteiger partial charge in [0.15, 0.2) is 0 Å². The molecule has 1 fully saturated rings. The van der Waals surface area contributed by atoms with Gasteiger partial charge in [0.1, 0.15) is 0 Å². The summed E-state index contributed by atoms with van der Waals surface area (Å²) in [5, 5.41) is 7.16. The highest BCUT2D eigenvalue weighted by atomic mass is 15.0. The lowest BCUT2D eigenvalue weighted by molar-refractivity contribution is 0.346. The van der Waals surface area contributed by atoms with Crippen molar-refractivity contribution in [1.29, 1.82) is 0 Å².